The van der Waals surface area contributed by atoms with Crippen LogP contribution in [-0.2, 0) is 4.79 Å². The molecule has 0 spiro atoms. The SMILES string of the molecule is Cc1ccc(OCC(=O)N(C)[C@H]2CCCC[C@@H]2O)cc1. The molecule has 0 aliphatic heterocycles. The summed E-state index contributed by atoms with van der Waals surface area (Å²) in [7, 11) is 1.75. The van der Waals surface area contributed by atoms with Crippen LogP contribution in [0.5, 0.6) is 5.75 Å². The Hall–Kier alpha value is -1.55. The number of ether oxygens (including phenoxy) is 1. The van der Waals surface area contributed by atoms with Gasteiger partial charge in [-0.25, -0.2) is 0 Å². The van der Waals surface area contributed by atoms with Crippen molar-refractivity contribution >= 4 is 5.91 Å². The van der Waals surface area contributed by atoms with E-state index < -0.39 is 6.10 Å². The van der Waals surface area contributed by atoms with Gasteiger partial charge in [-0.15, -0.1) is 0 Å². The molecule has 1 saturated carbocycles. The Bertz CT molecular complexity index is 444. The zero-order valence-corrected chi connectivity index (χ0v) is 12.2. The highest BCUT2D eigenvalue weighted by Gasteiger charge is 2.29. The number of carbonyl (C=O) groups excluding carboxylic acids is 1. The highest BCUT2D eigenvalue weighted by Crippen LogP contribution is 2.22. The zero-order chi connectivity index (χ0) is 14.5. The van der Waals surface area contributed by atoms with E-state index in [-0.39, 0.29) is 18.6 Å². The monoisotopic (exact) mass is 277 g/mol. The summed E-state index contributed by atoms with van der Waals surface area (Å²) in [6, 6.07) is 7.55. The van der Waals surface area contributed by atoms with Gasteiger partial charge in [0.15, 0.2) is 6.61 Å². The van der Waals surface area contributed by atoms with Gasteiger partial charge in [-0.2, -0.15) is 0 Å². The summed E-state index contributed by atoms with van der Waals surface area (Å²) >= 11 is 0. The highest BCUT2D eigenvalue weighted by atomic mass is 16.5. The van der Waals surface area contributed by atoms with E-state index >= 15 is 0 Å². The fourth-order valence-corrected chi connectivity index (χ4v) is 2.61. The lowest BCUT2D eigenvalue weighted by molar-refractivity contribution is -0.137. The van der Waals surface area contributed by atoms with Crippen molar-refractivity contribution in [3.8, 4) is 5.75 Å². The van der Waals surface area contributed by atoms with Crippen molar-refractivity contribution in [2.45, 2.75) is 44.8 Å². The maximum atomic E-state index is 12.1. The Kier molecular flexibility index (Phi) is 5.01. The van der Waals surface area contributed by atoms with E-state index in [2.05, 4.69) is 0 Å². The molecule has 110 valence electrons. The number of benzene rings is 1. The van der Waals surface area contributed by atoms with E-state index in [0.29, 0.717) is 5.75 Å². The van der Waals surface area contributed by atoms with E-state index in [1.807, 2.05) is 31.2 Å². The fourth-order valence-electron chi connectivity index (χ4n) is 2.61. The molecular formula is C16H23NO3. The van der Waals surface area contributed by atoms with E-state index in [1.165, 1.54) is 0 Å². The summed E-state index contributed by atoms with van der Waals surface area (Å²) in [5, 5.41) is 9.97. The number of hydrogen-bond acceptors (Lipinski definition) is 3. The molecule has 0 radical (unpaired) electrons. The van der Waals surface area contributed by atoms with Crippen molar-refractivity contribution in [3.63, 3.8) is 0 Å². The maximum absolute atomic E-state index is 12.1. The minimum atomic E-state index is -0.405. The first-order valence-electron chi connectivity index (χ1n) is 7.21. The molecule has 0 heterocycles. The minimum absolute atomic E-state index is 0.0166. The molecule has 1 aliphatic carbocycles. The van der Waals surface area contributed by atoms with Crippen molar-refractivity contribution in [3.05, 3.63) is 29.8 Å². The van der Waals surface area contributed by atoms with Gasteiger partial charge in [0.05, 0.1) is 12.1 Å². The standard InChI is InChI=1S/C16H23NO3/c1-12-7-9-13(10-8-12)20-11-16(19)17(2)14-5-3-4-6-15(14)18/h7-10,14-15,18H,3-6,11H2,1-2H3/t14-,15-/m0/s1. The normalized spacial score (nSPS) is 22.4. The molecule has 1 aromatic rings. The summed E-state index contributed by atoms with van der Waals surface area (Å²) in [6.07, 6.45) is 3.35. The van der Waals surface area contributed by atoms with Crippen LogP contribution in [0.25, 0.3) is 0 Å². The molecule has 2 atom stereocenters. The number of likely N-dealkylation sites (N-methyl/N-ethyl adjacent to an activating group) is 1. The molecule has 1 amide bonds. The molecule has 1 N–H and O–H groups in total. The first-order chi connectivity index (χ1) is 9.58. The van der Waals surface area contributed by atoms with Crippen LogP contribution >= 0.6 is 0 Å². The van der Waals surface area contributed by atoms with E-state index in [4.69, 9.17) is 4.74 Å². The highest BCUT2D eigenvalue weighted by molar-refractivity contribution is 5.77. The van der Waals surface area contributed by atoms with Crippen molar-refractivity contribution in [2.24, 2.45) is 0 Å². The van der Waals surface area contributed by atoms with E-state index in [1.54, 1.807) is 11.9 Å². The van der Waals surface area contributed by atoms with Crippen LogP contribution in [-0.4, -0.2) is 41.7 Å². The average Bonchev–Trinajstić information content (AvgIpc) is 2.46. The van der Waals surface area contributed by atoms with Crippen LogP contribution in [0.1, 0.15) is 31.2 Å². The lowest BCUT2D eigenvalue weighted by Crippen LogP contribution is -2.47. The number of aryl methyl sites for hydroxylation is 1. The number of aliphatic hydroxyl groups is 1. The van der Waals surface area contributed by atoms with Gasteiger partial charge < -0.3 is 14.7 Å². The summed E-state index contributed by atoms with van der Waals surface area (Å²) in [5.74, 6) is 0.609. The minimum Gasteiger partial charge on any atom is -0.484 e. The van der Waals surface area contributed by atoms with Gasteiger partial charge in [0.25, 0.3) is 5.91 Å². The summed E-state index contributed by atoms with van der Waals surface area (Å²) in [4.78, 5) is 13.8. The molecule has 0 aromatic heterocycles. The van der Waals surface area contributed by atoms with Crippen LogP contribution < -0.4 is 4.74 Å². The number of rotatable bonds is 4. The van der Waals surface area contributed by atoms with Gasteiger partial charge in [0.2, 0.25) is 0 Å². The Morgan fingerprint density at radius 3 is 2.60 bits per heavy atom. The molecular weight excluding hydrogens is 254 g/mol. The number of hydrogen-bond donors (Lipinski definition) is 1. The molecule has 0 unspecified atom stereocenters. The van der Waals surface area contributed by atoms with Gasteiger partial charge in [-0.3, -0.25) is 4.79 Å². The molecule has 1 aliphatic rings. The molecule has 0 bridgehead atoms. The Morgan fingerprint density at radius 2 is 1.95 bits per heavy atom. The van der Waals surface area contributed by atoms with Crippen LogP contribution in [0.4, 0.5) is 0 Å². The van der Waals surface area contributed by atoms with Crippen molar-refractivity contribution in [1.82, 2.24) is 4.90 Å². The molecule has 4 heteroatoms. The Morgan fingerprint density at radius 1 is 1.30 bits per heavy atom. The van der Waals surface area contributed by atoms with Crippen molar-refractivity contribution in [2.75, 3.05) is 13.7 Å². The number of amides is 1. The Labute approximate surface area is 120 Å². The number of nitrogens with zero attached hydrogens (tertiary/aromatic N) is 1. The second-order valence-corrected chi connectivity index (χ2v) is 5.53. The third-order valence-corrected chi connectivity index (χ3v) is 3.97. The summed E-state index contributed by atoms with van der Waals surface area (Å²) in [5.41, 5.74) is 1.16. The van der Waals surface area contributed by atoms with Gasteiger partial charge in [-0.1, -0.05) is 30.5 Å². The fraction of sp³-hybridized carbons (Fsp3) is 0.562. The molecule has 0 saturated heterocycles. The van der Waals surface area contributed by atoms with Crippen LogP contribution in [0.3, 0.4) is 0 Å². The maximum Gasteiger partial charge on any atom is 0.260 e. The largest absolute Gasteiger partial charge is 0.484 e. The van der Waals surface area contributed by atoms with E-state index in [0.717, 1.165) is 31.2 Å². The van der Waals surface area contributed by atoms with Gasteiger partial charge >= 0.3 is 0 Å². The number of carbonyl (C=O) groups is 1. The predicted molar refractivity (Wildman–Crippen MR) is 77.7 cm³/mol. The van der Waals surface area contributed by atoms with E-state index in [9.17, 15) is 9.90 Å². The molecule has 20 heavy (non-hydrogen) atoms. The lowest BCUT2D eigenvalue weighted by Gasteiger charge is -2.35. The van der Waals surface area contributed by atoms with Gasteiger partial charge in [0.1, 0.15) is 5.75 Å². The Balaban J connectivity index is 1.86. The molecule has 4 nitrogen and oxygen atoms in total. The van der Waals surface area contributed by atoms with Gasteiger partial charge in [0, 0.05) is 7.05 Å². The van der Waals surface area contributed by atoms with Crippen molar-refractivity contribution < 1.29 is 14.6 Å². The summed E-state index contributed by atoms with van der Waals surface area (Å²) < 4.78 is 5.50. The molecule has 2 rings (SSSR count). The number of aliphatic hydroxyl groups excluding tert-OH is 1. The molecule has 1 aromatic carbocycles. The summed E-state index contributed by atoms with van der Waals surface area (Å²) in [6.45, 7) is 2.02. The predicted octanol–water partition coefficient (Wildman–Crippen LogP) is 2.14. The third-order valence-electron chi connectivity index (χ3n) is 3.97. The third kappa shape index (κ3) is 3.73. The topological polar surface area (TPSA) is 49.8 Å². The second-order valence-electron chi connectivity index (χ2n) is 5.53. The quantitative estimate of drug-likeness (QED) is 0.917. The first-order valence-corrected chi connectivity index (χ1v) is 7.21. The smallest absolute Gasteiger partial charge is 0.260 e. The van der Waals surface area contributed by atoms with Crippen molar-refractivity contribution in [1.29, 1.82) is 0 Å². The van der Waals surface area contributed by atoms with Gasteiger partial charge in [-0.05, 0) is 31.9 Å². The van der Waals surface area contributed by atoms with Crippen LogP contribution in [0.15, 0.2) is 24.3 Å². The molecule has 1 fully saturated rings. The lowest BCUT2D eigenvalue weighted by atomic mass is 9.91. The second kappa shape index (κ2) is 6.75. The first kappa shape index (κ1) is 14.9. The zero-order valence-electron chi connectivity index (χ0n) is 12.2. The average molecular weight is 277 g/mol. The van der Waals surface area contributed by atoms with Crippen LogP contribution in [0.2, 0.25) is 0 Å². The van der Waals surface area contributed by atoms with Crippen LogP contribution in [0, 0.1) is 6.92 Å².